The van der Waals surface area contributed by atoms with Crippen LogP contribution in [0.15, 0.2) is 35.2 Å². The summed E-state index contributed by atoms with van der Waals surface area (Å²) in [6.07, 6.45) is 0.723. The molecule has 10 heteroatoms. The lowest BCUT2D eigenvalue weighted by Crippen LogP contribution is -2.05. The molecule has 0 aliphatic heterocycles. The predicted octanol–water partition coefficient (Wildman–Crippen LogP) is 4.90. The van der Waals surface area contributed by atoms with Crippen LogP contribution in [0.4, 0.5) is 9.52 Å². The van der Waals surface area contributed by atoms with Gasteiger partial charge < -0.3 is 20.3 Å². The second-order valence-corrected chi connectivity index (χ2v) is 8.26. The summed E-state index contributed by atoms with van der Waals surface area (Å²) in [5.74, 6) is -2.31. The minimum Gasteiger partial charge on any atom is -0.507 e. The number of thiazole rings is 1. The van der Waals surface area contributed by atoms with Crippen LogP contribution in [0.1, 0.15) is 23.7 Å². The molecule has 2 aromatic carbocycles. The third kappa shape index (κ3) is 4.34. The zero-order chi connectivity index (χ0) is 20.3. The summed E-state index contributed by atoms with van der Waals surface area (Å²) < 4.78 is 19.9. The Hall–Kier alpha value is -2.43. The summed E-state index contributed by atoms with van der Waals surface area (Å²) in [6, 6.07) is 7.36. The average molecular weight is 439 g/mol. The van der Waals surface area contributed by atoms with Crippen molar-refractivity contribution < 1.29 is 24.1 Å². The highest BCUT2D eigenvalue weighted by atomic mass is 32.2. The van der Waals surface area contributed by atoms with Crippen LogP contribution < -0.4 is 5.32 Å². The number of anilines is 1. The summed E-state index contributed by atoms with van der Waals surface area (Å²) in [4.78, 5) is 16.4. The van der Waals surface area contributed by atoms with Gasteiger partial charge in [0, 0.05) is 0 Å². The largest absolute Gasteiger partial charge is 0.507 e. The van der Waals surface area contributed by atoms with Gasteiger partial charge in [-0.15, -0.1) is 0 Å². The molecule has 1 heterocycles. The predicted molar refractivity (Wildman–Crippen MR) is 112 cm³/mol. The number of halogens is 1. The van der Waals surface area contributed by atoms with Crippen molar-refractivity contribution in [1.82, 2.24) is 4.98 Å². The molecular weight excluding hydrogens is 423 g/mol. The van der Waals surface area contributed by atoms with Crippen molar-refractivity contribution >= 4 is 61.0 Å². The van der Waals surface area contributed by atoms with E-state index in [1.54, 1.807) is 18.2 Å². The highest BCUT2D eigenvalue weighted by molar-refractivity contribution is 8.23. The van der Waals surface area contributed by atoms with E-state index in [9.17, 15) is 19.4 Å². The minimum absolute atomic E-state index is 0.119. The monoisotopic (exact) mass is 438 g/mol. The van der Waals surface area contributed by atoms with E-state index in [1.807, 2.05) is 6.92 Å². The van der Waals surface area contributed by atoms with E-state index in [-0.39, 0.29) is 15.0 Å². The molecule has 0 unspecified atom stereocenters. The van der Waals surface area contributed by atoms with E-state index in [2.05, 4.69) is 10.3 Å². The zero-order valence-corrected chi connectivity index (χ0v) is 17.0. The fourth-order valence-electron chi connectivity index (χ4n) is 2.27. The van der Waals surface area contributed by atoms with Crippen molar-refractivity contribution in [3.63, 3.8) is 0 Å². The highest BCUT2D eigenvalue weighted by Gasteiger charge is 2.18. The second-order valence-electron chi connectivity index (χ2n) is 5.57. The number of thioether (sulfide) groups is 1. The maximum absolute atomic E-state index is 14.0. The number of nitrogens with zero attached hydrogens (tertiary/aromatic N) is 1. The first-order chi connectivity index (χ1) is 13.4. The van der Waals surface area contributed by atoms with Crippen LogP contribution in [0.25, 0.3) is 10.2 Å². The third-order valence-corrected chi connectivity index (χ3v) is 5.78. The van der Waals surface area contributed by atoms with Gasteiger partial charge in [-0.05, 0) is 30.7 Å². The molecule has 0 bridgehead atoms. The molecule has 1 aromatic heterocycles. The topological polar surface area (TPSA) is 91.7 Å². The van der Waals surface area contributed by atoms with E-state index in [1.165, 1.54) is 17.4 Å². The number of esters is 1. The highest BCUT2D eigenvalue weighted by Crippen LogP contribution is 2.37. The average Bonchev–Trinajstić information content (AvgIpc) is 3.08. The van der Waals surface area contributed by atoms with Gasteiger partial charge in [0.25, 0.3) is 0 Å². The van der Waals surface area contributed by atoms with Crippen molar-refractivity contribution in [2.45, 2.75) is 18.2 Å². The molecular formula is C18H15FN2O4S3. The fraction of sp³-hybridized carbons (Fsp3) is 0.167. The number of ether oxygens (including phenoxy) is 1. The van der Waals surface area contributed by atoms with Crippen LogP contribution >= 0.6 is 35.3 Å². The molecule has 0 atom stereocenters. The van der Waals surface area contributed by atoms with Gasteiger partial charge in [0.15, 0.2) is 16.7 Å². The third-order valence-electron chi connectivity index (χ3n) is 3.53. The Morgan fingerprint density at radius 3 is 2.82 bits per heavy atom. The van der Waals surface area contributed by atoms with Gasteiger partial charge in [-0.2, -0.15) is 0 Å². The number of fused-ring (bicyclic) bond motifs is 1. The Bertz CT molecular complexity index is 1050. The Morgan fingerprint density at radius 2 is 2.07 bits per heavy atom. The SMILES string of the molecule is CCCOC(=O)c1cccc2nc(NC(=S)Sc3c(O)ccc(O)c3F)sc12. The Kier molecular flexibility index (Phi) is 6.32. The quantitative estimate of drug-likeness (QED) is 0.224. The van der Waals surface area contributed by atoms with Crippen molar-refractivity contribution in [3.05, 3.63) is 41.7 Å². The molecule has 3 N–H and O–H groups in total. The van der Waals surface area contributed by atoms with Gasteiger partial charge in [0.2, 0.25) is 0 Å². The number of aromatic hydroxyl groups is 2. The summed E-state index contributed by atoms with van der Waals surface area (Å²) in [5.41, 5.74) is 1.00. The van der Waals surface area contributed by atoms with Gasteiger partial charge in [0.1, 0.15) is 10.1 Å². The van der Waals surface area contributed by atoms with Crippen LogP contribution in [0.2, 0.25) is 0 Å². The first kappa shape index (κ1) is 20.3. The van der Waals surface area contributed by atoms with Gasteiger partial charge in [-0.3, -0.25) is 0 Å². The van der Waals surface area contributed by atoms with Crippen LogP contribution in [0.3, 0.4) is 0 Å². The summed E-state index contributed by atoms with van der Waals surface area (Å²) in [6.45, 7) is 2.24. The Balaban J connectivity index is 1.81. The molecule has 28 heavy (non-hydrogen) atoms. The number of rotatable bonds is 5. The number of carbonyl (C=O) groups excluding carboxylic acids is 1. The number of nitrogens with one attached hydrogen (secondary N) is 1. The second kappa shape index (κ2) is 8.72. The van der Waals surface area contributed by atoms with Crippen molar-refractivity contribution in [1.29, 1.82) is 0 Å². The van der Waals surface area contributed by atoms with Crippen LogP contribution in [-0.4, -0.2) is 32.1 Å². The smallest absolute Gasteiger partial charge is 0.339 e. The van der Waals surface area contributed by atoms with Gasteiger partial charge in [-0.25, -0.2) is 14.2 Å². The number of aromatic nitrogens is 1. The van der Waals surface area contributed by atoms with Crippen molar-refractivity contribution in [2.75, 3.05) is 11.9 Å². The standard InChI is InChI=1S/C18H15FN2O4S3/c1-2-8-25-16(24)9-4-3-5-10-14(9)27-17(20-10)21-18(26)28-15-12(23)7-6-11(22)13(15)19/h3-7,22-23H,2,8H2,1H3,(H,20,21,26). The number of phenolic OH excluding ortho intramolecular Hbond substituents is 2. The van der Waals surface area contributed by atoms with E-state index >= 15 is 0 Å². The van der Waals surface area contributed by atoms with Crippen molar-refractivity contribution in [2.24, 2.45) is 0 Å². The minimum atomic E-state index is -0.959. The molecule has 0 amide bonds. The van der Waals surface area contributed by atoms with Crippen LogP contribution in [-0.2, 0) is 4.74 Å². The first-order valence-electron chi connectivity index (χ1n) is 8.16. The summed E-state index contributed by atoms with van der Waals surface area (Å²) in [5, 5.41) is 22.5. The Labute approximate surface area is 173 Å². The number of hydrogen-bond donors (Lipinski definition) is 3. The zero-order valence-electron chi connectivity index (χ0n) is 14.6. The van der Waals surface area contributed by atoms with Gasteiger partial charge >= 0.3 is 5.97 Å². The number of hydrogen-bond acceptors (Lipinski definition) is 8. The van der Waals surface area contributed by atoms with Gasteiger partial charge in [0.05, 0.1) is 27.3 Å². The molecule has 3 aromatic rings. The maximum Gasteiger partial charge on any atom is 0.339 e. The number of benzene rings is 2. The number of carbonyl (C=O) groups is 1. The Morgan fingerprint density at radius 1 is 1.32 bits per heavy atom. The molecule has 0 saturated carbocycles. The summed E-state index contributed by atoms with van der Waals surface area (Å²) >= 11 is 7.15. The number of thiocarbonyl (C=S) groups is 1. The summed E-state index contributed by atoms with van der Waals surface area (Å²) in [7, 11) is 0. The molecule has 0 aliphatic carbocycles. The molecule has 146 valence electrons. The van der Waals surface area contributed by atoms with Crippen molar-refractivity contribution in [3.8, 4) is 11.5 Å². The molecule has 3 rings (SSSR count). The van der Waals surface area contributed by atoms with Crippen LogP contribution in [0.5, 0.6) is 11.5 Å². The lowest BCUT2D eigenvalue weighted by atomic mass is 10.2. The molecule has 0 radical (unpaired) electrons. The van der Waals surface area contributed by atoms with Crippen LogP contribution in [0, 0.1) is 5.82 Å². The lowest BCUT2D eigenvalue weighted by Gasteiger charge is -2.08. The normalized spacial score (nSPS) is 10.8. The lowest BCUT2D eigenvalue weighted by molar-refractivity contribution is 0.0507. The van der Waals surface area contributed by atoms with E-state index in [4.69, 9.17) is 17.0 Å². The molecule has 0 fully saturated rings. The fourth-order valence-corrected chi connectivity index (χ4v) is 4.42. The van der Waals surface area contributed by atoms with E-state index in [0.717, 1.165) is 24.2 Å². The molecule has 0 aliphatic rings. The molecule has 0 spiro atoms. The maximum atomic E-state index is 14.0. The first-order valence-corrected chi connectivity index (χ1v) is 10.2. The number of phenols is 2. The van der Waals surface area contributed by atoms with E-state index in [0.29, 0.717) is 27.5 Å². The molecule has 0 saturated heterocycles. The van der Waals surface area contributed by atoms with Gasteiger partial charge in [-0.1, -0.05) is 48.3 Å². The molecule has 6 nitrogen and oxygen atoms in total. The van der Waals surface area contributed by atoms with E-state index < -0.39 is 17.5 Å².